The second-order valence-corrected chi connectivity index (χ2v) is 7.73. The summed E-state index contributed by atoms with van der Waals surface area (Å²) in [4.78, 5) is 8.66. The van der Waals surface area contributed by atoms with Crippen LogP contribution in [0.2, 0.25) is 0 Å². The minimum Gasteiger partial charge on any atom is -0.372 e. The SMILES string of the molecule is CNc1nc(S(C)(C)C)ncc1C=N. The molecule has 0 saturated heterocycles. The molecule has 0 aliphatic rings. The first-order chi connectivity index (χ1) is 6.49. The smallest absolute Gasteiger partial charge is 0.171 e. The van der Waals surface area contributed by atoms with Gasteiger partial charge in [0.2, 0.25) is 0 Å². The molecule has 1 rings (SSSR count). The van der Waals surface area contributed by atoms with E-state index < -0.39 is 10.0 Å². The van der Waals surface area contributed by atoms with Crippen molar-refractivity contribution in [2.45, 2.75) is 5.16 Å². The van der Waals surface area contributed by atoms with Gasteiger partial charge in [0.1, 0.15) is 5.82 Å². The minimum atomic E-state index is -0.898. The molecule has 1 heterocycles. The highest BCUT2D eigenvalue weighted by atomic mass is 32.3. The van der Waals surface area contributed by atoms with Gasteiger partial charge in [0.15, 0.2) is 5.16 Å². The fourth-order valence-corrected chi connectivity index (χ4v) is 1.71. The second-order valence-electron chi connectivity index (χ2n) is 3.69. The molecule has 1 aromatic heterocycles. The van der Waals surface area contributed by atoms with Gasteiger partial charge in [-0.2, -0.15) is 10.0 Å². The molecule has 0 spiro atoms. The lowest BCUT2D eigenvalue weighted by atomic mass is 10.3. The number of nitrogens with one attached hydrogen (secondary N) is 2. The maximum Gasteiger partial charge on any atom is 0.171 e. The fourth-order valence-electron chi connectivity index (χ4n) is 0.976. The standard InChI is InChI=1S/C9H16N4S/c1-11-8-7(5-10)6-12-9(13-8)14(2,3)4/h5-6,10H,1-4H3,(H,11,12,13). The third-order valence-corrected chi connectivity index (χ3v) is 3.03. The minimum absolute atomic E-state index is 0.722. The fraction of sp³-hybridized carbons (Fsp3) is 0.444. The third kappa shape index (κ3) is 2.23. The van der Waals surface area contributed by atoms with Gasteiger partial charge in [0.25, 0.3) is 0 Å². The molecule has 0 unspecified atom stereocenters. The predicted octanol–water partition coefficient (Wildman–Crippen LogP) is 1.57. The largest absolute Gasteiger partial charge is 0.372 e. The quantitative estimate of drug-likeness (QED) is 0.590. The van der Waals surface area contributed by atoms with E-state index in [1.165, 1.54) is 6.21 Å². The van der Waals surface area contributed by atoms with Gasteiger partial charge < -0.3 is 10.7 Å². The summed E-state index contributed by atoms with van der Waals surface area (Å²) in [7, 11) is 0.905. The molecule has 14 heavy (non-hydrogen) atoms. The van der Waals surface area contributed by atoms with E-state index in [9.17, 15) is 0 Å². The zero-order valence-corrected chi connectivity index (χ0v) is 9.77. The van der Waals surface area contributed by atoms with Gasteiger partial charge >= 0.3 is 0 Å². The van der Waals surface area contributed by atoms with Crippen LogP contribution in [0.15, 0.2) is 11.4 Å². The molecule has 0 bridgehead atoms. The van der Waals surface area contributed by atoms with E-state index in [0.29, 0.717) is 0 Å². The summed E-state index contributed by atoms with van der Waals surface area (Å²) >= 11 is 0. The Hall–Kier alpha value is -1.10. The molecule has 0 amide bonds. The van der Waals surface area contributed by atoms with Gasteiger partial charge in [-0.15, -0.1) is 0 Å². The number of hydrogen-bond acceptors (Lipinski definition) is 4. The zero-order chi connectivity index (χ0) is 10.8. The molecule has 0 aromatic carbocycles. The first-order valence-electron chi connectivity index (χ1n) is 4.22. The molecule has 78 valence electrons. The highest BCUT2D eigenvalue weighted by Crippen LogP contribution is 2.42. The molecule has 5 heteroatoms. The van der Waals surface area contributed by atoms with E-state index in [2.05, 4.69) is 34.1 Å². The Morgan fingerprint density at radius 3 is 2.50 bits per heavy atom. The van der Waals surface area contributed by atoms with Crippen LogP contribution >= 0.6 is 10.0 Å². The van der Waals surface area contributed by atoms with Crippen molar-refractivity contribution >= 4 is 22.1 Å². The van der Waals surface area contributed by atoms with Crippen molar-refractivity contribution in [3.63, 3.8) is 0 Å². The van der Waals surface area contributed by atoms with Crippen LogP contribution in [0.5, 0.6) is 0 Å². The van der Waals surface area contributed by atoms with Crippen LogP contribution in [0.4, 0.5) is 5.82 Å². The Balaban J connectivity index is 3.21. The molecule has 0 atom stereocenters. The predicted molar refractivity (Wildman–Crippen MR) is 63.1 cm³/mol. The number of anilines is 1. The van der Waals surface area contributed by atoms with E-state index in [1.54, 1.807) is 13.2 Å². The van der Waals surface area contributed by atoms with Crippen molar-refractivity contribution in [2.75, 3.05) is 31.1 Å². The lowest BCUT2D eigenvalue weighted by Crippen LogP contribution is -2.05. The maximum atomic E-state index is 7.18. The van der Waals surface area contributed by atoms with Crippen LogP contribution in [0.25, 0.3) is 0 Å². The van der Waals surface area contributed by atoms with Crippen LogP contribution in [0, 0.1) is 5.41 Å². The third-order valence-electron chi connectivity index (χ3n) is 1.73. The molecule has 0 fully saturated rings. The van der Waals surface area contributed by atoms with Crippen LogP contribution in [0.1, 0.15) is 5.56 Å². The average Bonchev–Trinajstić information content (AvgIpc) is 2.15. The van der Waals surface area contributed by atoms with Crippen LogP contribution in [-0.4, -0.2) is 42.0 Å². The van der Waals surface area contributed by atoms with Gasteiger partial charge in [0, 0.05) is 19.5 Å². The molecule has 2 N–H and O–H groups in total. The lowest BCUT2D eigenvalue weighted by Gasteiger charge is -2.23. The molecule has 4 nitrogen and oxygen atoms in total. The van der Waals surface area contributed by atoms with Gasteiger partial charge in [0.05, 0.1) is 5.56 Å². The summed E-state index contributed by atoms with van der Waals surface area (Å²) < 4.78 is 0. The van der Waals surface area contributed by atoms with Crippen LogP contribution in [0.3, 0.4) is 0 Å². The Kier molecular flexibility index (Phi) is 3.10. The highest BCUT2D eigenvalue weighted by Gasteiger charge is 2.13. The summed E-state index contributed by atoms with van der Waals surface area (Å²) in [6.07, 6.45) is 9.39. The van der Waals surface area contributed by atoms with Crippen molar-refractivity contribution in [3.05, 3.63) is 11.8 Å². The number of rotatable bonds is 3. The summed E-state index contributed by atoms with van der Waals surface area (Å²) in [6, 6.07) is 0. The van der Waals surface area contributed by atoms with E-state index in [4.69, 9.17) is 5.41 Å². The Labute approximate surface area is 86.0 Å². The van der Waals surface area contributed by atoms with Crippen molar-refractivity contribution in [1.82, 2.24) is 9.97 Å². The monoisotopic (exact) mass is 212 g/mol. The Morgan fingerprint density at radius 2 is 2.07 bits per heavy atom. The number of nitrogens with zero attached hydrogens (tertiary/aromatic N) is 2. The van der Waals surface area contributed by atoms with Crippen molar-refractivity contribution in [3.8, 4) is 0 Å². The Morgan fingerprint density at radius 1 is 1.43 bits per heavy atom. The first-order valence-corrected chi connectivity index (χ1v) is 7.08. The molecular weight excluding hydrogens is 196 g/mol. The molecule has 0 aliphatic heterocycles. The number of aromatic nitrogens is 2. The van der Waals surface area contributed by atoms with Crippen molar-refractivity contribution in [1.29, 1.82) is 5.41 Å². The zero-order valence-electron chi connectivity index (χ0n) is 8.96. The van der Waals surface area contributed by atoms with Gasteiger partial charge in [-0.1, -0.05) is 0 Å². The summed E-state index contributed by atoms with van der Waals surface area (Å²) in [6.45, 7) is 0. The molecule has 1 aromatic rings. The van der Waals surface area contributed by atoms with Crippen LogP contribution < -0.4 is 5.32 Å². The van der Waals surface area contributed by atoms with Crippen molar-refractivity contribution < 1.29 is 0 Å². The lowest BCUT2D eigenvalue weighted by molar-refractivity contribution is 0.958. The number of hydrogen-bond donors (Lipinski definition) is 2. The highest BCUT2D eigenvalue weighted by molar-refractivity contribution is 8.32. The van der Waals surface area contributed by atoms with Gasteiger partial charge in [-0.25, -0.2) is 9.97 Å². The summed E-state index contributed by atoms with van der Waals surface area (Å²) in [5.74, 6) is 0.729. The molecule has 0 saturated carbocycles. The van der Waals surface area contributed by atoms with Gasteiger partial charge in [-0.3, -0.25) is 0 Å². The summed E-state index contributed by atoms with van der Waals surface area (Å²) in [5.41, 5.74) is 0.722. The molecular formula is C9H16N4S. The van der Waals surface area contributed by atoms with E-state index in [-0.39, 0.29) is 0 Å². The van der Waals surface area contributed by atoms with Crippen LogP contribution in [-0.2, 0) is 0 Å². The topological polar surface area (TPSA) is 61.7 Å². The van der Waals surface area contributed by atoms with E-state index in [1.807, 2.05) is 0 Å². The molecule has 0 aliphatic carbocycles. The van der Waals surface area contributed by atoms with Gasteiger partial charge in [-0.05, 0) is 18.8 Å². The van der Waals surface area contributed by atoms with E-state index >= 15 is 0 Å². The summed E-state index contributed by atoms with van der Waals surface area (Å²) in [5, 5.41) is 11.0. The van der Waals surface area contributed by atoms with E-state index in [0.717, 1.165) is 16.5 Å². The maximum absolute atomic E-state index is 7.18. The second kappa shape index (κ2) is 3.96. The molecule has 0 radical (unpaired) electrons. The Bertz CT molecular complexity index is 343. The normalized spacial score (nSPS) is 12.3. The van der Waals surface area contributed by atoms with Crippen molar-refractivity contribution in [2.24, 2.45) is 0 Å². The first kappa shape index (κ1) is 11.0. The average molecular weight is 212 g/mol.